The number of para-hydroxylation sites is 1. The summed E-state index contributed by atoms with van der Waals surface area (Å²) >= 11 is 1.45. The smallest absolute Gasteiger partial charge is 0.279 e. The van der Waals surface area contributed by atoms with E-state index in [1.807, 2.05) is 28.8 Å². The molecule has 0 aliphatic carbocycles. The van der Waals surface area contributed by atoms with E-state index in [-0.39, 0.29) is 11.7 Å². The summed E-state index contributed by atoms with van der Waals surface area (Å²) in [6.45, 7) is 1.13. The molecule has 0 bridgehead atoms. The molecule has 4 nitrogen and oxygen atoms in total. The minimum absolute atomic E-state index is 0.363. The van der Waals surface area contributed by atoms with Gasteiger partial charge in [0.25, 0.3) is 5.91 Å². The maximum atomic E-state index is 13.0. The van der Waals surface area contributed by atoms with Crippen LogP contribution in [-0.2, 0) is 11.3 Å². The molecule has 6 heteroatoms. The van der Waals surface area contributed by atoms with Crippen molar-refractivity contribution in [3.05, 3.63) is 64.7 Å². The predicted molar refractivity (Wildman–Crippen MR) is 88.0 cm³/mol. The number of nitrogens with zero attached hydrogens (tertiary/aromatic N) is 2. The number of halogens is 1. The Morgan fingerprint density at radius 2 is 1.96 bits per heavy atom. The van der Waals surface area contributed by atoms with Crippen molar-refractivity contribution in [1.29, 1.82) is 0 Å². The van der Waals surface area contributed by atoms with Gasteiger partial charge in [0.2, 0.25) is 0 Å². The molecule has 0 radical (unpaired) electrons. The molecule has 0 atom stereocenters. The lowest BCUT2D eigenvalue weighted by Crippen LogP contribution is -2.19. The van der Waals surface area contributed by atoms with Crippen molar-refractivity contribution in [2.24, 2.45) is 4.99 Å². The van der Waals surface area contributed by atoms with Gasteiger partial charge in [0, 0.05) is 19.2 Å². The molecule has 1 aromatic heterocycles. The number of thiazole rings is 1. The molecular weight excluding hydrogens is 315 g/mol. The van der Waals surface area contributed by atoms with Crippen LogP contribution in [0.3, 0.4) is 0 Å². The van der Waals surface area contributed by atoms with Gasteiger partial charge in [-0.1, -0.05) is 23.5 Å². The lowest BCUT2D eigenvalue weighted by atomic mass is 10.2. The standard InChI is InChI=1S/C17H15FN2O2S/c1-22-11-10-20-14-4-2-3-5-15(14)23-17(20)19-16(21)12-6-8-13(18)9-7-12/h2-9H,10-11H2,1H3. The Labute approximate surface area is 136 Å². The van der Waals surface area contributed by atoms with Crippen LogP contribution >= 0.6 is 11.3 Å². The number of ether oxygens (including phenoxy) is 1. The Balaban J connectivity index is 2.06. The van der Waals surface area contributed by atoms with Crippen molar-refractivity contribution >= 4 is 27.5 Å². The normalized spacial score (nSPS) is 12.0. The van der Waals surface area contributed by atoms with Crippen molar-refractivity contribution in [1.82, 2.24) is 4.57 Å². The summed E-state index contributed by atoms with van der Waals surface area (Å²) < 4.78 is 21.1. The summed E-state index contributed by atoms with van der Waals surface area (Å²) in [6.07, 6.45) is 0. The summed E-state index contributed by atoms with van der Waals surface area (Å²) in [5.74, 6) is -0.763. The predicted octanol–water partition coefficient (Wildman–Crippen LogP) is 3.23. The molecule has 1 amide bonds. The fourth-order valence-corrected chi connectivity index (χ4v) is 3.30. The fraction of sp³-hybridized carbons (Fsp3) is 0.176. The molecule has 0 fully saturated rings. The van der Waals surface area contributed by atoms with E-state index in [1.165, 1.54) is 35.6 Å². The first-order valence-corrected chi connectivity index (χ1v) is 7.92. The molecule has 0 aliphatic heterocycles. The average Bonchev–Trinajstić information content (AvgIpc) is 2.90. The molecule has 3 rings (SSSR count). The van der Waals surface area contributed by atoms with Crippen LogP contribution in [0.4, 0.5) is 4.39 Å². The number of methoxy groups -OCH3 is 1. The molecule has 118 valence electrons. The molecule has 0 spiro atoms. The molecule has 0 N–H and O–H groups in total. The number of benzene rings is 2. The SMILES string of the molecule is COCCn1c(=NC(=O)c2ccc(F)cc2)sc2ccccc21. The van der Waals surface area contributed by atoms with Gasteiger partial charge < -0.3 is 9.30 Å². The Kier molecular flexibility index (Phi) is 4.64. The number of aromatic nitrogens is 1. The van der Waals surface area contributed by atoms with Crippen LogP contribution in [0.1, 0.15) is 10.4 Å². The zero-order valence-electron chi connectivity index (χ0n) is 12.5. The number of amides is 1. The highest BCUT2D eigenvalue weighted by Gasteiger charge is 2.09. The third-order valence-electron chi connectivity index (χ3n) is 3.40. The second-order valence-corrected chi connectivity index (χ2v) is 5.93. The summed E-state index contributed by atoms with van der Waals surface area (Å²) in [4.78, 5) is 17.1. The van der Waals surface area contributed by atoms with Crippen LogP contribution in [0.2, 0.25) is 0 Å². The van der Waals surface area contributed by atoms with Crippen LogP contribution < -0.4 is 4.80 Å². The number of rotatable bonds is 4. The van der Waals surface area contributed by atoms with E-state index >= 15 is 0 Å². The van der Waals surface area contributed by atoms with Gasteiger partial charge in [-0.25, -0.2) is 4.39 Å². The second-order valence-electron chi connectivity index (χ2n) is 4.92. The molecule has 3 aromatic rings. The number of carbonyl (C=O) groups excluding carboxylic acids is 1. The summed E-state index contributed by atoms with van der Waals surface area (Å²) in [6, 6.07) is 13.3. The molecule has 1 heterocycles. The van der Waals surface area contributed by atoms with Gasteiger partial charge >= 0.3 is 0 Å². The van der Waals surface area contributed by atoms with Gasteiger partial charge in [-0.05, 0) is 36.4 Å². The first-order valence-electron chi connectivity index (χ1n) is 7.11. The highest BCUT2D eigenvalue weighted by Crippen LogP contribution is 2.16. The first kappa shape index (κ1) is 15.6. The van der Waals surface area contributed by atoms with E-state index in [1.54, 1.807) is 7.11 Å². The van der Waals surface area contributed by atoms with Crippen LogP contribution in [0.15, 0.2) is 53.5 Å². The van der Waals surface area contributed by atoms with Gasteiger partial charge in [-0.3, -0.25) is 4.79 Å². The summed E-state index contributed by atoms with van der Waals surface area (Å²) in [7, 11) is 1.63. The zero-order chi connectivity index (χ0) is 16.2. The van der Waals surface area contributed by atoms with E-state index in [0.29, 0.717) is 23.5 Å². The Hall–Kier alpha value is -2.31. The van der Waals surface area contributed by atoms with E-state index in [9.17, 15) is 9.18 Å². The first-order chi connectivity index (χ1) is 11.2. The lowest BCUT2D eigenvalue weighted by Gasteiger charge is -2.03. The van der Waals surface area contributed by atoms with Crippen LogP contribution in [-0.4, -0.2) is 24.2 Å². The zero-order valence-corrected chi connectivity index (χ0v) is 13.3. The number of fused-ring (bicyclic) bond motifs is 1. The molecule has 0 saturated carbocycles. The van der Waals surface area contributed by atoms with E-state index in [4.69, 9.17) is 4.74 Å². The third-order valence-corrected chi connectivity index (χ3v) is 4.45. The summed E-state index contributed by atoms with van der Waals surface area (Å²) in [5.41, 5.74) is 1.38. The van der Waals surface area contributed by atoms with Gasteiger partial charge in [0.15, 0.2) is 4.80 Å². The van der Waals surface area contributed by atoms with E-state index in [2.05, 4.69) is 4.99 Å². The average molecular weight is 330 g/mol. The maximum Gasteiger partial charge on any atom is 0.279 e. The van der Waals surface area contributed by atoms with Gasteiger partial charge in [0.1, 0.15) is 5.82 Å². The van der Waals surface area contributed by atoms with Gasteiger partial charge in [-0.15, -0.1) is 0 Å². The monoisotopic (exact) mass is 330 g/mol. The maximum absolute atomic E-state index is 13.0. The van der Waals surface area contributed by atoms with Crippen molar-refractivity contribution < 1.29 is 13.9 Å². The lowest BCUT2D eigenvalue weighted by molar-refractivity contribution is 0.0997. The van der Waals surface area contributed by atoms with Gasteiger partial charge in [0.05, 0.1) is 16.8 Å². The van der Waals surface area contributed by atoms with Crippen molar-refractivity contribution in [3.8, 4) is 0 Å². The minimum atomic E-state index is -0.386. The van der Waals surface area contributed by atoms with Crippen molar-refractivity contribution in [3.63, 3.8) is 0 Å². The molecule has 2 aromatic carbocycles. The summed E-state index contributed by atoms with van der Waals surface area (Å²) in [5, 5.41) is 0. The van der Waals surface area contributed by atoms with Crippen molar-refractivity contribution in [2.75, 3.05) is 13.7 Å². The number of carbonyl (C=O) groups is 1. The van der Waals surface area contributed by atoms with Crippen LogP contribution in [0, 0.1) is 5.82 Å². The Bertz CT molecular complexity index is 897. The number of hydrogen-bond acceptors (Lipinski definition) is 3. The minimum Gasteiger partial charge on any atom is -0.383 e. The molecule has 23 heavy (non-hydrogen) atoms. The Morgan fingerprint density at radius 1 is 1.22 bits per heavy atom. The molecule has 0 saturated heterocycles. The van der Waals surface area contributed by atoms with Crippen LogP contribution in [0.25, 0.3) is 10.2 Å². The quantitative estimate of drug-likeness (QED) is 0.737. The van der Waals surface area contributed by atoms with Gasteiger partial charge in [-0.2, -0.15) is 4.99 Å². The molecule has 0 unspecified atom stereocenters. The van der Waals surface area contributed by atoms with E-state index < -0.39 is 0 Å². The van der Waals surface area contributed by atoms with Crippen molar-refractivity contribution in [2.45, 2.75) is 6.54 Å². The Morgan fingerprint density at radius 3 is 2.70 bits per heavy atom. The second kappa shape index (κ2) is 6.85. The fourth-order valence-electron chi connectivity index (χ4n) is 2.25. The van der Waals surface area contributed by atoms with Crippen LogP contribution in [0.5, 0.6) is 0 Å². The largest absolute Gasteiger partial charge is 0.383 e. The highest BCUT2D eigenvalue weighted by atomic mass is 32.1. The molecule has 0 aliphatic rings. The number of hydrogen-bond donors (Lipinski definition) is 0. The highest BCUT2D eigenvalue weighted by molar-refractivity contribution is 7.16. The molecular formula is C17H15FN2O2S. The third kappa shape index (κ3) is 3.38. The topological polar surface area (TPSA) is 43.6 Å². The van der Waals surface area contributed by atoms with E-state index in [0.717, 1.165) is 10.2 Å².